The van der Waals surface area contributed by atoms with Gasteiger partial charge in [-0.05, 0) is 13.0 Å². The Hall–Kier alpha value is -1.15. The lowest BCUT2D eigenvalue weighted by Gasteiger charge is -2.41. The number of nitrogens with zero attached hydrogens (tertiary/aromatic N) is 2. The number of aromatic nitrogens is 2. The number of ether oxygens (including phenoxy) is 1. The molecule has 1 aliphatic rings. The first-order chi connectivity index (χ1) is 16.8. The molecule has 0 saturated carbocycles. The number of aliphatic hydroxyl groups excluding tert-OH is 4. The van der Waals surface area contributed by atoms with E-state index in [9.17, 15) is 53.4 Å². The van der Waals surface area contributed by atoms with Crippen LogP contribution in [-0.2, 0) is 36.3 Å². The van der Waals surface area contributed by atoms with Crippen molar-refractivity contribution >= 4 is 29.3 Å². The maximum atomic E-state index is 11.9. The van der Waals surface area contributed by atoms with Crippen LogP contribution in [0, 0.1) is 0 Å². The molecular weight excluding hydrogens is 575 g/mol. The standard InChI is InChI=1S/C14H26N3O17P3/c1-14(6-18,33-35(23,24)25)8(19)5-31-37(28,29)34-36(26,27)30-4-7-10(20)11(21)12(32-7)17-3-2-9(15)16-13(17)22/h2-3,7-8,10-12,18-21H,4-6H2,1H3,(H,26,27)(H,28,29)(H2,15,16,22)(H2,23,24,25)/p-4/t7-,8-,10-,11-,12-,14+/m1/s1. The topological polar surface area (TPSA) is 331 Å². The van der Waals surface area contributed by atoms with Gasteiger partial charge in [0, 0.05) is 6.20 Å². The van der Waals surface area contributed by atoms with Crippen molar-refractivity contribution in [1.29, 1.82) is 0 Å². The largest absolute Gasteiger partial charge is 0.790 e. The summed E-state index contributed by atoms with van der Waals surface area (Å²) in [5.41, 5.74) is 1.83. The van der Waals surface area contributed by atoms with E-state index in [0.717, 1.165) is 10.8 Å². The Morgan fingerprint density at radius 3 is 2.32 bits per heavy atom. The molecule has 214 valence electrons. The van der Waals surface area contributed by atoms with Crippen LogP contribution in [0.1, 0.15) is 13.2 Å². The SMILES string of the molecule is C[C@@](CO)(OP(=O)([O-])[O-])[C@H](O)COP(=O)([O-])OP(=O)([O-])OC[C@H]1O[C@@H](n2ccc(N)nc2=O)[C@H](O)[C@@H]1O. The zero-order valence-electron chi connectivity index (χ0n) is 18.6. The molecule has 0 bridgehead atoms. The maximum absolute atomic E-state index is 11.9. The first-order valence-electron chi connectivity index (χ1n) is 9.80. The predicted molar refractivity (Wildman–Crippen MR) is 107 cm³/mol. The Kier molecular flexibility index (Phi) is 10.3. The van der Waals surface area contributed by atoms with E-state index in [1.54, 1.807) is 0 Å². The highest BCUT2D eigenvalue weighted by molar-refractivity contribution is 7.59. The fourth-order valence-electron chi connectivity index (χ4n) is 2.84. The maximum Gasteiger partial charge on any atom is 0.351 e. The van der Waals surface area contributed by atoms with Crippen molar-refractivity contribution in [2.24, 2.45) is 0 Å². The van der Waals surface area contributed by atoms with E-state index in [2.05, 4.69) is 22.9 Å². The van der Waals surface area contributed by atoms with E-state index >= 15 is 0 Å². The number of rotatable bonds is 13. The number of hydrogen-bond acceptors (Lipinski definition) is 19. The molecule has 1 fully saturated rings. The normalized spacial score (nSPS) is 28.2. The number of phosphoric ester groups is 3. The van der Waals surface area contributed by atoms with Gasteiger partial charge in [-0.25, -0.2) is 9.11 Å². The second-order valence-corrected chi connectivity index (χ2v) is 11.7. The third-order valence-corrected chi connectivity index (χ3v) is 7.96. The van der Waals surface area contributed by atoms with Gasteiger partial charge < -0.3 is 68.6 Å². The summed E-state index contributed by atoms with van der Waals surface area (Å²) in [5.74, 6) is -0.153. The molecule has 20 nitrogen and oxygen atoms in total. The summed E-state index contributed by atoms with van der Waals surface area (Å²) < 4.78 is 56.6. The Bertz CT molecular complexity index is 1140. The molecule has 2 unspecified atom stereocenters. The molecule has 1 saturated heterocycles. The van der Waals surface area contributed by atoms with Crippen LogP contribution in [-0.4, -0.2) is 79.8 Å². The van der Waals surface area contributed by atoms with Gasteiger partial charge in [0.15, 0.2) is 6.23 Å². The van der Waals surface area contributed by atoms with E-state index in [4.69, 9.17) is 15.6 Å². The molecule has 0 radical (unpaired) electrons. The fourth-order valence-corrected chi connectivity index (χ4v) is 5.54. The van der Waals surface area contributed by atoms with Gasteiger partial charge in [-0.3, -0.25) is 13.7 Å². The Labute approximate surface area is 207 Å². The molecule has 8 atom stereocenters. The lowest BCUT2D eigenvalue weighted by atomic mass is 10.0. The quantitative estimate of drug-likeness (QED) is 0.132. The molecule has 0 spiro atoms. The zero-order valence-corrected chi connectivity index (χ0v) is 21.3. The Morgan fingerprint density at radius 1 is 1.19 bits per heavy atom. The number of aliphatic hydroxyl groups is 4. The number of nitrogens with two attached hydrogens (primary N) is 1. The molecule has 2 heterocycles. The van der Waals surface area contributed by atoms with Crippen molar-refractivity contribution in [2.75, 3.05) is 25.6 Å². The molecule has 23 heteroatoms. The summed E-state index contributed by atoms with van der Waals surface area (Å²) in [4.78, 5) is 60.5. The minimum absolute atomic E-state index is 0.153. The van der Waals surface area contributed by atoms with E-state index in [1.165, 1.54) is 6.07 Å². The van der Waals surface area contributed by atoms with E-state index < -0.39 is 85.2 Å². The van der Waals surface area contributed by atoms with E-state index in [0.29, 0.717) is 6.92 Å². The van der Waals surface area contributed by atoms with Crippen LogP contribution in [0.3, 0.4) is 0 Å². The Balaban J connectivity index is 1.97. The second-order valence-electron chi connectivity index (χ2n) is 7.68. The van der Waals surface area contributed by atoms with Gasteiger partial charge in [0.05, 0.1) is 27.6 Å². The summed E-state index contributed by atoms with van der Waals surface area (Å²) >= 11 is 0. The van der Waals surface area contributed by atoms with Gasteiger partial charge in [0.1, 0.15) is 35.8 Å². The number of hydrogen-bond donors (Lipinski definition) is 5. The summed E-state index contributed by atoms with van der Waals surface area (Å²) in [6, 6.07) is 1.17. The average molecular weight is 597 g/mol. The zero-order chi connectivity index (χ0) is 28.4. The highest BCUT2D eigenvalue weighted by atomic mass is 31.3. The monoisotopic (exact) mass is 597 g/mol. The van der Waals surface area contributed by atoms with Gasteiger partial charge in [-0.1, -0.05) is 0 Å². The highest BCUT2D eigenvalue weighted by Crippen LogP contribution is 2.56. The summed E-state index contributed by atoms with van der Waals surface area (Å²) in [5, 5.41) is 39.2. The molecule has 0 aliphatic carbocycles. The number of phosphoric acid groups is 3. The van der Waals surface area contributed by atoms with Crippen molar-refractivity contribution in [2.45, 2.75) is 43.2 Å². The fraction of sp³-hybridized carbons (Fsp3) is 0.714. The summed E-state index contributed by atoms with van der Waals surface area (Å²) in [7, 11) is -17.4. The molecule has 1 aromatic rings. The molecule has 2 rings (SSSR count). The third-order valence-electron chi connectivity index (χ3n) is 4.79. The summed E-state index contributed by atoms with van der Waals surface area (Å²) in [6.45, 7) is -3.13. The van der Waals surface area contributed by atoms with Crippen LogP contribution in [0.2, 0.25) is 0 Å². The van der Waals surface area contributed by atoms with Crippen molar-refractivity contribution in [3.63, 3.8) is 0 Å². The minimum Gasteiger partial charge on any atom is -0.790 e. The summed E-state index contributed by atoms with van der Waals surface area (Å²) in [6.07, 6.45) is -7.99. The third kappa shape index (κ3) is 8.94. The lowest BCUT2D eigenvalue weighted by molar-refractivity contribution is -0.353. The van der Waals surface area contributed by atoms with Crippen LogP contribution in [0.25, 0.3) is 0 Å². The van der Waals surface area contributed by atoms with Crippen LogP contribution < -0.4 is 31.0 Å². The van der Waals surface area contributed by atoms with Gasteiger partial charge in [0.25, 0.3) is 15.6 Å². The first-order valence-corrected chi connectivity index (χ1v) is 14.2. The number of anilines is 1. The van der Waals surface area contributed by atoms with Crippen molar-refractivity contribution in [1.82, 2.24) is 9.55 Å². The van der Waals surface area contributed by atoms with Crippen molar-refractivity contribution in [3.8, 4) is 0 Å². The molecule has 6 N–H and O–H groups in total. The smallest absolute Gasteiger partial charge is 0.351 e. The van der Waals surface area contributed by atoms with Crippen molar-refractivity contribution in [3.05, 3.63) is 22.7 Å². The molecule has 0 amide bonds. The van der Waals surface area contributed by atoms with E-state index in [-0.39, 0.29) is 5.82 Å². The predicted octanol–water partition coefficient (Wildman–Crippen LogP) is -5.61. The van der Waals surface area contributed by atoms with E-state index in [1.807, 2.05) is 0 Å². The van der Waals surface area contributed by atoms with Crippen LogP contribution in [0.5, 0.6) is 0 Å². The van der Waals surface area contributed by atoms with Crippen molar-refractivity contribution < 1.29 is 76.3 Å². The molecular formula is C14H22N3O17P3-4. The van der Waals surface area contributed by atoms with Gasteiger partial charge >= 0.3 is 5.69 Å². The molecule has 37 heavy (non-hydrogen) atoms. The first kappa shape index (κ1) is 32.1. The molecule has 1 aromatic heterocycles. The highest BCUT2D eigenvalue weighted by Gasteiger charge is 2.45. The lowest BCUT2D eigenvalue weighted by Crippen LogP contribution is -2.49. The van der Waals surface area contributed by atoms with Crippen LogP contribution in [0.15, 0.2) is 17.1 Å². The van der Waals surface area contributed by atoms with Crippen LogP contribution in [0.4, 0.5) is 5.82 Å². The van der Waals surface area contributed by atoms with Gasteiger partial charge in [-0.2, -0.15) is 4.98 Å². The molecule has 0 aromatic carbocycles. The number of nitrogen functional groups attached to an aromatic ring is 1. The van der Waals surface area contributed by atoms with Crippen LogP contribution >= 0.6 is 23.5 Å². The van der Waals surface area contributed by atoms with Gasteiger partial charge in [0.2, 0.25) is 0 Å². The second kappa shape index (κ2) is 11.9. The Morgan fingerprint density at radius 2 is 1.78 bits per heavy atom. The molecule has 1 aliphatic heterocycles. The average Bonchev–Trinajstić information content (AvgIpc) is 3.02. The minimum atomic E-state index is -5.85. The van der Waals surface area contributed by atoms with Gasteiger partial charge in [-0.15, -0.1) is 0 Å².